The highest BCUT2D eigenvalue weighted by atomic mass is 35.5. The lowest BCUT2D eigenvalue weighted by Gasteiger charge is -2.15. The molecule has 10 nitrogen and oxygen atoms in total. The van der Waals surface area contributed by atoms with Crippen molar-refractivity contribution >= 4 is 40.8 Å². The zero-order valence-corrected chi connectivity index (χ0v) is 18.5. The highest BCUT2D eigenvalue weighted by molar-refractivity contribution is 6.34. The molecule has 170 valence electrons. The molecule has 0 aliphatic carbocycles. The highest BCUT2D eigenvalue weighted by Crippen LogP contribution is 2.31. The van der Waals surface area contributed by atoms with E-state index in [1.807, 2.05) is 0 Å². The van der Waals surface area contributed by atoms with E-state index in [-0.39, 0.29) is 28.6 Å². The second kappa shape index (κ2) is 10.2. The lowest BCUT2D eigenvalue weighted by molar-refractivity contribution is -0.384. The second-order valence-electron chi connectivity index (χ2n) is 6.60. The third-order valence-corrected chi connectivity index (χ3v) is 4.95. The van der Waals surface area contributed by atoms with Crippen molar-refractivity contribution in [2.45, 2.75) is 13.2 Å². The molecule has 2 aromatic carbocycles. The molecule has 0 fully saturated rings. The number of ether oxygens (including phenoxy) is 2. The van der Waals surface area contributed by atoms with Gasteiger partial charge in [-0.3, -0.25) is 24.3 Å². The highest BCUT2D eigenvalue weighted by Gasteiger charge is 2.23. The van der Waals surface area contributed by atoms with Gasteiger partial charge in [0.25, 0.3) is 11.2 Å². The lowest BCUT2D eigenvalue weighted by atomic mass is 10.1. The van der Waals surface area contributed by atoms with Crippen LogP contribution in [0, 0.1) is 10.1 Å². The molecule has 0 amide bonds. The van der Waals surface area contributed by atoms with Crippen LogP contribution in [0.3, 0.4) is 0 Å². The van der Waals surface area contributed by atoms with Crippen LogP contribution in [0.15, 0.2) is 53.3 Å². The zero-order valence-electron chi connectivity index (χ0n) is 17.0. The maximum atomic E-state index is 12.7. The summed E-state index contributed by atoms with van der Waals surface area (Å²) in [5, 5.41) is 10.5. The molecule has 0 radical (unpaired) electrons. The van der Waals surface area contributed by atoms with E-state index in [0.717, 1.165) is 29.4 Å². The van der Waals surface area contributed by atoms with Gasteiger partial charge in [0.1, 0.15) is 13.2 Å². The normalized spacial score (nSPS) is 10.5. The van der Waals surface area contributed by atoms with Gasteiger partial charge >= 0.3 is 11.9 Å². The minimum atomic E-state index is -0.876. The predicted molar refractivity (Wildman–Crippen MR) is 118 cm³/mol. The molecule has 0 aliphatic rings. The number of hydrogen-bond donors (Lipinski definition) is 0. The largest absolute Gasteiger partial charge is 0.465 e. The number of carbonyl (C=O) groups is 2. The maximum absolute atomic E-state index is 12.7. The number of esters is 2. The van der Waals surface area contributed by atoms with Crippen molar-refractivity contribution < 1.29 is 24.0 Å². The van der Waals surface area contributed by atoms with Gasteiger partial charge in [-0.2, -0.15) is 0 Å². The average Bonchev–Trinajstić information content (AvgIpc) is 2.80. The third-order valence-electron chi connectivity index (χ3n) is 4.44. The lowest BCUT2D eigenvalue weighted by Crippen LogP contribution is -2.28. The van der Waals surface area contributed by atoms with E-state index in [1.165, 1.54) is 6.07 Å². The zero-order chi connectivity index (χ0) is 24.1. The number of nitrogens with zero attached hydrogens (tertiary/aromatic N) is 3. The molecule has 3 aromatic rings. The Bertz CT molecular complexity index is 1290. The molecule has 0 unspecified atom stereocenters. The molecule has 0 atom stereocenters. The molecule has 3 rings (SSSR count). The molecule has 12 heteroatoms. The summed E-state index contributed by atoms with van der Waals surface area (Å²) in [6.45, 7) is -0.654. The number of hydrogen-bond acceptors (Lipinski definition) is 8. The van der Waals surface area contributed by atoms with Crippen molar-refractivity contribution in [3.05, 3.63) is 90.4 Å². The molecule has 0 spiro atoms. The number of rotatable bonds is 7. The Morgan fingerprint density at radius 3 is 2.45 bits per heavy atom. The van der Waals surface area contributed by atoms with Crippen LogP contribution >= 0.6 is 23.2 Å². The van der Waals surface area contributed by atoms with Gasteiger partial charge in [-0.05, 0) is 11.6 Å². The van der Waals surface area contributed by atoms with Crippen molar-refractivity contribution in [3.63, 3.8) is 0 Å². The fraction of sp³-hybridized carbons (Fsp3) is 0.143. The molecule has 0 saturated heterocycles. The fourth-order valence-corrected chi connectivity index (χ4v) is 3.46. The number of aromatic nitrogens is 2. The second-order valence-corrected chi connectivity index (χ2v) is 7.31. The van der Waals surface area contributed by atoms with Crippen LogP contribution < -0.4 is 5.56 Å². The average molecular weight is 492 g/mol. The van der Waals surface area contributed by atoms with Gasteiger partial charge in [-0.25, -0.2) is 9.78 Å². The first kappa shape index (κ1) is 23.9. The van der Waals surface area contributed by atoms with Gasteiger partial charge in [0, 0.05) is 17.7 Å². The van der Waals surface area contributed by atoms with Gasteiger partial charge in [0.15, 0.2) is 10.3 Å². The Kier molecular flexibility index (Phi) is 7.41. The predicted octanol–water partition coefficient (Wildman–Crippen LogP) is 3.66. The topological polar surface area (TPSA) is 131 Å². The molecule has 33 heavy (non-hydrogen) atoms. The number of nitro benzene ring substituents is 1. The maximum Gasteiger partial charge on any atom is 0.338 e. The number of halogens is 2. The van der Waals surface area contributed by atoms with E-state index in [4.69, 9.17) is 27.9 Å². The van der Waals surface area contributed by atoms with Crippen LogP contribution in [0.25, 0.3) is 11.3 Å². The van der Waals surface area contributed by atoms with Crippen molar-refractivity contribution in [3.8, 4) is 11.3 Å². The molecule has 0 aliphatic heterocycles. The van der Waals surface area contributed by atoms with Crippen LogP contribution in [0.5, 0.6) is 0 Å². The summed E-state index contributed by atoms with van der Waals surface area (Å²) < 4.78 is 10.7. The van der Waals surface area contributed by atoms with Crippen LogP contribution in [0.2, 0.25) is 10.3 Å². The Balaban J connectivity index is 2.06. The van der Waals surface area contributed by atoms with Crippen molar-refractivity contribution in [2.75, 3.05) is 7.11 Å². The van der Waals surface area contributed by atoms with E-state index in [0.29, 0.717) is 0 Å². The van der Waals surface area contributed by atoms with Crippen molar-refractivity contribution in [2.24, 2.45) is 0 Å². The molecular formula is C21H15Cl2N3O7. The fourth-order valence-electron chi connectivity index (χ4n) is 2.94. The van der Waals surface area contributed by atoms with Crippen LogP contribution in [-0.2, 0) is 27.4 Å². The van der Waals surface area contributed by atoms with Gasteiger partial charge < -0.3 is 9.47 Å². The Morgan fingerprint density at radius 2 is 1.82 bits per heavy atom. The molecule has 1 heterocycles. The van der Waals surface area contributed by atoms with Crippen LogP contribution in [0.4, 0.5) is 5.69 Å². The van der Waals surface area contributed by atoms with Gasteiger partial charge in [0.05, 0.1) is 23.3 Å². The number of carbonyl (C=O) groups excluding carboxylic acids is 2. The summed E-state index contributed by atoms with van der Waals surface area (Å²) in [6, 6.07) is 12.2. The number of benzene rings is 2. The molecule has 0 bridgehead atoms. The minimum absolute atomic E-state index is 0.0215. The third kappa shape index (κ3) is 5.54. The van der Waals surface area contributed by atoms with Crippen LogP contribution in [-0.4, -0.2) is 33.5 Å². The van der Waals surface area contributed by atoms with E-state index >= 15 is 0 Å². The van der Waals surface area contributed by atoms with Crippen molar-refractivity contribution in [1.82, 2.24) is 9.55 Å². The summed E-state index contributed by atoms with van der Waals surface area (Å²) in [5.74, 6) is -1.65. The van der Waals surface area contributed by atoms with Gasteiger partial charge in [-0.1, -0.05) is 53.5 Å². The number of non-ortho nitro benzene ring substituents is 1. The standard InChI is InChI=1S/C21H15Cl2N3O7/c1-32-21(29)14-7-13(8-15(9-14)26(30)31)17-18(22)24-19(23)20(28)25(17)10-16(27)33-11-12-5-3-2-4-6-12/h2-9H,10-11H2,1H3. The van der Waals surface area contributed by atoms with Crippen molar-refractivity contribution in [1.29, 1.82) is 0 Å². The smallest absolute Gasteiger partial charge is 0.338 e. The Morgan fingerprint density at radius 1 is 1.12 bits per heavy atom. The monoisotopic (exact) mass is 491 g/mol. The van der Waals surface area contributed by atoms with Gasteiger partial charge in [-0.15, -0.1) is 0 Å². The summed E-state index contributed by atoms with van der Waals surface area (Å²) in [7, 11) is 1.11. The Labute approximate surface area is 196 Å². The first-order valence-corrected chi connectivity index (χ1v) is 10.0. The van der Waals surface area contributed by atoms with E-state index in [2.05, 4.69) is 9.72 Å². The summed E-state index contributed by atoms with van der Waals surface area (Å²) in [6.07, 6.45) is 0. The Hall–Kier alpha value is -3.76. The first-order valence-electron chi connectivity index (χ1n) is 9.24. The quantitative estimate of drug-likeness (QED) is 0.278. The molecule has 1 aromatic heterocycles. The van der Waals surface area contributed by atoms with Gasteiger partial charge in [0.2, 0.25) is 0 Å². The summed E-state index contributed by atoms with van der Waals surface area (Å²) in [4.78, 5) is 51.6. The number of methoxy groups -OCH3 is 1. The molecular weight excluding hydrogens is 477 g/mol. The SMILES string of the molecule is COC(=O)c1cc(-c2c(Cl)nc(Cl)c(=O)n2CC(=O)OCc2ccccc2)cc([N+](=O)[O-])c1. The molecule has 0 N–H and O–H groups in total. The number of nitro groups is 1. The van der Waals surface area contributed by atoms with Crippen LogP contribution in [0.1, 0.15) is 15.9 Å². The van der Waals surface area contributed by atoms with E-state index in [1.54, 1.807) is 30.3 Å². The van der Waals surface area contributed by atoms with E-state index < -0.39 is 39.8 Å². The minimum Gasteiger partial charge on any atom is -0.465 e. The van der Waals surface area contributed by atoms with E-state index in [9.17, 15) is 24.5 Å². The molecule has 0 saturated carbocycles. The summed E-state index contributed by atoms with van der Waals surface area (Å²) in [5.41, 5.74) is -0.962. The summed E-state index contributed by atoms with van der Waals surface area (Å²) >= 11 is 12.1. The first-order chi connectivity index (χ1) is 15.7.